The van der Waals surface area contributed by atoms with Gasteiger partial charge in [0.15, 0.2) is 5.58 Å². The molecule has 2 N–H and O–H groups in total. The summed E-state index contributed by atoms with van der Waals surface area (Å²) in [6, 6.07) is 6.10. The van der Waals surface area contributed by atoms with E-state index in [9.17, 15) is 0 Å². The smallest absolute Gasteiger partial charge is 0.209 e. The van der Waals surface area contributed by atoms with Crippen molar-refractivity contribution >= 4 is 16.8 Å². The first-order valence-corrected chi connectivity index (χ1v) is 6.53. The molecule has 0 spiro atoms. The van der Waals surface area contributed by atoms with Crippen LogP contribution >= 0.6 is 0 Å². The molecule has 0 saturated heterocycles. The summed E-state index contributed by atoms with van der Waals surface area (Å²) >= 11 is 0. The van der Waals surface area contributed by atoms with Crippen LogP contribution < -0.4 is 5.73 Å². The van der Waals surface area contributed by atoms with E-state index < -0.39 is 0 Å². The van der Waals surface area contributed by atoms with Crippen molar-refractivity contribution in [3.05, 3.63) is 24.1 Å². The molecule has 1 aromatic carbocycles. The third kappa shape index (κ3) is 2.64. The monoisotopic (exact) mass is 247 g/mol. The van der Waals surface area contributed by atoms with Crippen molar-refractivity contribution in [3.8, 4) is 0 Å². The molecule has 4 heteroatoms. The molecule has 0 saturated carbocycles. The Morgan fingerprint density at radius 3 is 2.83 bits per heavy atom. The fourth-order valence-corrected chi connectivity index (χ4v) is 2.07. The normalized spacial score (nSPS) is 13.3. The lowest BCUT2D eigenvalue weighted by atomic mass is 10.2. The predicted octanol–water partition coefficient (Wildman–Crippen LogP) is 3.03. The van der Waals surface area contributed by atoms with Crippen molar-refractivity contribution < 1.29 is 4.42 Å². The lowest BCUT2D eigenvalue weighted by Gasteiger charge is -2.25. The second kappa shape index (κ2) is 5.40. The Morgan fingerprint density at radius 1 is 1.39 bits per heavy atom. The molecule has 0 aliphatic carbocycles. The molecule has 1 aromatic heterocycles. The first-order chi connectivity index (χ1) is 8.63. The van der Waals surface area contributed by atoms with Crippen LogP contribution in [-0.2, 0) is 6.54 Å². The van der Waals surface area contributed by atoms with E-state index >= 15 is 0 Å². The molecule has 0 fully saturated rings. The second-order valence-electron chi connectivity index (χ2n) is 4.66. The van der Waals surface area contributed by atoms with E-state index in [-0.39, 0.29) is 0 Å². The minimum Gasteiger partial charge on any atom is -0.439 e. The van der Waals surface area contributed by atoms with Crippen LogP contribution in [0.4, 0.5) is 5.69 Å². The maximum absolute atomic E-state index is 5.74. The van der Waals surface area contributed by atoms with Gasteiger partial charge in [0, 0.05) is 11.7 Å². The number of anilines is 1. The summed E-state index contributed by atoms with van der Waals surface area (Å²) in [4.78, 5) is 6.84. The fraction of sp³-hybridized carbons (Fsp3) is 0.500. The predicted molar refractivity (Wildman–Crippen MR) is 74.3 cm³/mol. The van der Waals surface area contributed by atoms with Gasteiger partial charge in [0.1, 0.15) is 5.52 Å². The molecule has 4 nitrogen and oxygen atoms in total. The molecule has 0 radical (unpaired) electrons. The minimum absolute atomic E-state index is 0.537. The summed E-state index contributed by atoms with van der Waals surface area (Å²) in [6.07, 6.45) is 1.13. The summed E-state index contributed by atoms with van der Waals surface area (Å²) in [5, 5.41) is 0. The van der Waals surface area contributed by atoms with Crippen molar-refractivity contribution in [2.45, 2.75) is 39.8 Å². The highest BCUT2D eigenvalue weighted by atomic mass is 16.3. The van der Waals surface area contributed by atoms with Gasteiger partial charge in [-0.05, 0) is 38.1 Å². The SMILES string of the molecule is CCC(C)N(CC)Cc1nc2cc(N)ccc2o1. The standard InChI is InChI=1S/C14H21N3O/c1-4-10(3)17(5-2)9-14-16-12-8-11(15)6-7-13(12)18-14/h6-8,10H,4-5,9,15H2,1-3H3. The number of benzene rings is 1. The molecule has 98 valence electrons. The number of oxazole rings is 1. The lowest BCUT2D eigenvalue weighted by molar-refractivity contribution is 0.188. The summed E-state index contributed by atoms with van der Waals surface area (Å²) in [6.45, 7) is 8.33. The molecule has 0 aliphatic heterocycles. The number of hydrogen-bond acceptors (Lipinski definition) is 4. The lowest BCUT2D eigenvalue weighted by Crippen LogP contribution is -2.31. The molecule has 0 amide bonds. The Bertz CT molecular complexity index is 521. The molecule has 2 rings (SSSR count). The van der Waals surface area contributed by atoms with E-state index in [0.29, 0.717) is 6.04 Å². The molecule has 0 bridgehead atoms. The Hall–Kier alpha value is -1.55. The Balaban J connectivity index is 2.20. The third-order valence-corrected chi connectivity index (χ3v) is 3.41. The first kappa shape index (κ1) is 12.9. The van der Waals surface area contributed by atoms with Crippen LogP contribution in [-0.4, -0.2) is 22.5 Å². The minimum atomic E-state index is 0.537. The number of nitrogen functional groups attached to an aromatic ring is 1. The van der Waals surface area contributed by atoms with Crippen molar-refractivity contribution in [2.24, 2.45) is 0 Å². The Labute approximate surface area is 108 Å². The molecule has 1 atom stereocenters. The molecule has 1 unspecified atom stereocenters. The first-order valence-electron chi connectivity index (χ1n) is 6.53. The largest absolute Gasteiger partial charge is 0.439 e. The van der Waals surface area contributed by atoms with Gasteiger partial charge in [-0.25, -0.2) is 4.98 Å². The van der Waals surface area contributed by atoms with Gasteiger partial charge in [-0.3, -0.25) is 4.90 Å². The zero-order valence-corrected chi connectivity index (χ0v) is 11.3. The van der Waals surface area contributed by atoms with Gasteiger partial charge in [-0.15, -0.1) is 0 Å². The summed E-state index contributed by atoms with van der Waals surface area (Å²) in [5.74, 6) is 0.762. The van der Waals surface area contributed by atoms with E-state index in [1.54, 1.807) is 0 Å². The van der Waals surface area contributed by atoms with Crippen molar-refractivity contribution in [3.63, 3.8) is 0 Å². The van der Waals surface area contributed by atoms with Crippen LogP contribution in [0.25, 0.3) is 11.1 Å². The highest BCUT2D eigenvalue weighted by molar-refractivity contribution is 5.76. The van der Waals surface area contributed by atoms with E-state index in [1.807, 2.05) is 18.2 Å². The number of fused-ring (bicyclic) bond motifs is 1. The number of hydrogen-bond donors (Lipinski definition) is 1. The molecule has 0 aliphatic rings. The molecular formula is C14H21N3O. The molecular weight excluding hydrogens is 226 g/mol. The zero-order chi connectivity index (χ0) is 13.1. The Morgan fingerprint density at radius 2 is 2.17 bits per heavy atom. The van der Waals surface area contributed by atoms with Gasteiger partial charge in [0.25, 0.3) is 0 Å². The number of rotatable bonds is 5. The second-order valence-corrected chi connectivity index (χ2v) is 4.66. The maximum Gasteiger partial charge on any atom is 0.209 e. The number of aromatic nitrogens is 1. The van der Waals surface area contributed by atoms with Gasteiger partial charge < -0.3 is 10.2 Å². The average Bonchev–Trinajstić information content (AvgIpc) is 2.76. The zero-order valence-electron chi connectivity index (χ0n) is 11.3. The molecule has 2 aromatic rings. The molecule has 18 heavy (non-hydrogen) atoms. The van der Waals surface area contributed by atoms with Crippen LogP contribution in [0.2, 0.25) is 0 Å². The quantitative estimate of drug-likeness (QED) is 0.825. The summed E-state index contributed by atoms with van der Waals surface area (Å²) in [7, 11) is 0. The highest BCUT2D eigenvalue weighted by Crippen LogP contribution is 2.19. The fourth-order valence-electron chi connectivity index (χ4n) is 2.07. The van der Waals surface area contributed by atoms with Crippen molar-refractivity contribution in [1.82, 2.24) is 9.88 Å². The van der Waals surface area contributed by atoms with E-state index in [2.05, 4.69) is 30.7 Å². The van der Waals surface area contributed by atoms with Crippen molar-refractivity contribution in [1.29, 1.82) is 0 Å². The number of nitrogens with two attached hydrogens (primary N) is 1. The van der Waals surface area contributed by atoms with Gasteiger partial charge in [-0.2, -0.15) is 0 Å². The van der Waals surface area contributed by atoms with E-state index in [0.717, 1.165) is 42.2 Å². The van der Waals surface area contributed by atoms with Gasteiger partial charge >= 0.3 is 0 Å². The summed E-state index contributed by atoms with van der Waals surface area (Å²) < 4.78 is 5.74. The van der Waals surface area contributed by atoms with Crippen LogP contribution in [0.3, 0.4) is 0 Å². The highest BCUT2D eigenvalue weighted by Gasteiger charge is 2.14. The average molecular weight is 247 g/mol. The van der Waals surface area contributed by atoms with Crippen LogP contribution in [0.15, 0.2) is 22.6 Å². The Kier molecular flexibility index (Phi) is 3.87. The topological polar surface area (TPSA) is 55.3 Å². The number of nitrogens with zero attached hydrogens (tertiary/aromatic N) is 2. The van der Waals surface area contributed by atoms with E-state index in [1.165, 1.54) is 0 Å². The van der Waals surface area contributed by atoms with Gasteiger partial charge in [-0.1, -0.05) is 13.8 Å². The van der Waals surface area contributed by atoms with E-state index in [4.69, 9.17) is 10.2 Å². The summed E-state index contributed by atoms with van der Waals surface area (Å²) in [5.41, 5.74) is 8.10. The van der Waals surface area contributed by atoms with Gasteiger partial charge in [0.05, 0.1) is 6.54 Å². The van der Waals surface area contributed by atoms with Crippen LogP contribution in [0.5, 0.6) is 0 Å². The maximum atomic E-state index is 5.74. The van der Waals surface area contributed by atoms with Crippen LogP contribution in [0, 0.1) is 0 Å². The molecule has 1 heterocycles. The van der Waals surface area contributed by atoms with Crippen molar-refractivity contribution in [2.75, 3.05) is 12.3 Å². The van der Waals surface area contributed by atoms with Crippen LogP contribution in [0.1, 0.15) is 33.1 Å². The van der Waals surface area contributed by atoms with Gasteiger partial charge in [0.2, 0.25) is 5.89 Å². The third-order valence-electron chi connectivity index (χ3n) is 3.41.